The smallest absolute Gasteiger partial charge is 0.134 e. The Morgan fingerprint density at radius 2 is 2.12 bits per heavy atom. The third kappa shape index (κ3) is 4.94. The zero-order valence-electron chi connectivity index (χ0n) is 10.4. The van der Waals surface area contributed by atoms with Gasteiger partial charge in [0.25, 0.3) is 0 Å². The lowest BCUT2D eigenvalue weighted by Gasteiger charge is -2.20. The zero-order valence-corrected chi connectivity index (χ0v) is 11.2. The van der Waals surface area contributed by atoms with E-state index in [-0.39, 0.29) is 5.75 Å². The number of hydrogen-bond donors (Lipinski definition) is 1. The van der Waals surface area contributed by atoms with Gasteiger partial charge in [-0.1, -0.05) is 24.6 Å². The molecule has 0 aliphatic rings. The minimum Gasteiger partial charge on any atom is -0.506 e. The third-order valence-electron chi connectivity index (χ3n) is 2.62. The van der Waals surface area contributed by atoms with Crippen molar-refractivity contribution in [2.75, 3.05) is 26.3 Å². The van der Waals surface area contributed by atoms with Gasteiger partial charge >= 0.3 is 0 Å². The molecular formula is C13H20ClNO2. The van der Waals surface area contributed by atoms with Gasteiger partial charge in [-0.05, 0) is 31.2 Å². The number of halogens is 1. The lowest BCUT2D eigenvalue weighted by molar-refractivity contribution is 0.113. The molecule has 3 nitrogen and oxygen atoms in total. The van der Waals surface area contributed by atoms with Gasteiger partial charge in [0.15, 0.2) is 0 Å². The Kier molecular flexibility index (Phi) is 6.34. The first-order valence-corrected chi connectivity index (χ1v) is 6.32. The number of benzene rings is 1. The van der Waals surface area contributed by atoms with Crippen molar-refractivity contribution in [1.82, 2.24) is 4.90 Å². The lowest BCUT2D eigenvalue weighted by atomic mass is 10.2. The van der Waals surface area contributed by atoms with Crippen LogP contribution in [0.15, 0.2) is 18.2 Å². The molecule has 0 saturated heterocycles. The summed E-state index contributed by atoms with van der Waals surface area (Å²) in [5, 5.41) is 9.75. The van der Waals surface area contributed by atoms with Crippen molar-refractivity contribution in [2.45, 2.75) is 20.4 Å². The van der Waals surface area contributed by atoms with Gasteiger partial charge in [-0.3, -0.25) is 4.90 Å². The van der Waals surface area contributed by atoms with Crippen LogP contribution in [0.25, 0.3) is 0 Å². The molecule has 0 amide bonds. The van der Waals surface area contributed by atoms with E-state index in [0.29, 0.717) is 5.02 Å². The average Bonchev–Trinajstić information content (AvgIpc) is 2.32. The summed E-state index contributed by atoms with van der Waals surface area (Å²) in [5.74, 6) is 0.132. The molecule has 0 radical (unpaired) electrons. The van der Waals surface area contributed by atoms with Gasteiger partial charge in [0.05, 0.1) is 11.6 Å². The summed E-state index contributed by atoms with van der Waals surface area (Å²) >= 11 is 5.87. The first kappa shape index (κ1) is 14.3. The Morgan fingerprint density at radius 3 is 2.71 bits per heavy atom. The van der Waals surface area contributed by atoms with Crippen LogP contribution in [0.2, 0.25) is 5.02 Å². The summed E-state index contributed by atoms with van der Waals surface area (Å²) in [4.78, 5) is 2.28. The second kappa shape index (κ2) is 7.54. The second-order valence-corrected chi connectivity index (χ2v) is 4.26. The summed E-state index contributed by atoms with van der Waals surface area (Å²) in [5.41, 5.74) is 1.10. The van der Waals surface area contributed by atoms with Crippen LogP contribution >= 0.6 is 11.6 Å². The molecule has 0 fully saturated rings. The Morgan fingerprint density at radius 1 is 1.35 bits per heavy atom. The Bertz CT molecular complexity index is 344. The molecule has 96 valence electrons. The number of hydrogen-bond acceptors (Lipinski definition) is 3. The Balaban J connectivity index is 2.51. The van der Waals surface area contributed by atoms with E-state index in [1.165, 1.54) is 0 Å². The van der Waals surface area contributed by atoms with E-state index in [1.54, 1.807) is 12.1 Å². The van der Waals surface area contributed by atoms with Crippen LogP contribution in [-0.4, -0.2) is 36.3 Å². The highest BCUT2D eigenvalue weighted by atomic mass is 35.5. The van der Waals surface area contributed by atoms with Crippen molar-refractivity contribution in [1.29, 1.82) is 0 Å². The molecule has 0 unspecified atom stereocenters. The van der Waals surface area contributed by atoms with Crippen molar-refractivity contribution in [3.8, 4) is 5.75 Å². The Hall–Kier alpha value is -0.770. The fourth-order valence-electron chi connectivity index (χ4n) is 1.59. The summed E-state index contributed by atoms with van der Waals surface area (Å²) in [6.45, 7) is 8.31. The number of phenols is 1. The minimum atomic E-state index is 0.132. The largest absolute Gasteiger partial charge is 0.506 e. The molecule has 0 aliphatic carbocycles. The van der Waals surface area contributed by atoms with E-state index in [0.717, 1.165) is 38.4 Å². The molecule has 1 rings (SSSR count). The van der Waals surface area contributed by atoms with Gasteiger partial charge in [-0.15, -0.1) is 0 Å². The summed E-state index contributed by atoms with van der Waals surface area (Å²) in [6, 6.07) is 5.33. The number of phenolic OH excluding ortho intramolecular Hbond substituents is 1. The van der Waals surface area contributed by atoms with E-state index in [2.05, 4.69) is 11.8 Å². The van der Waals surface area contributed by atoms with Crippen LogP contribution in [0.5, 0.6) is 5.75 Å². The molecule has 0 aliphatic heterocycles. The van der Waals surface area contributed by atoms with E-state index in [9.17, 15) is 5.11 Å². The molecule has 0 atom stereocenters. The van der Waals surface area contributed by atoms with Gasteiger partial charge in [-0.2, -0.15) is 0 Å². The molecule has 4 heteroatoms. The van der Waals surface area contributed by atoms with Crippen molar-refractivity contribution in [2.24, 2.45) is 0 Å². The SMILES string of the molecule is CCOCCN(CC)Cc1ccc(O)c(Cl)c1. The first-order valence-electron chi connectivity index (χ1n) is 5.94. The van der Waals surface area contributed by atoms with Crippen LogP contribution in [0, 0.1) is 0 Å². The van der Waals surface area contributed by atoms with Crippen LogP contribution in [0.1, 0.15) is 19.4 Å². The normalized spacial score (nSPS) is 11.1. The maximum absolute atomic E-state index is 9.34. The fourth-order valence-corrected chi connectivity index (χ4v) is 1.80. The van der Waals surface area contributed by atoms with E-state index in [4.69, 9.17) is 16.3 Å². The van der Waals surface area contributed by atoms with E-state index >= 15 is 0 Å². The number of ether oxygens (including phenoxy) is 1. The second-order valence-electron chi connectivity index (χ2n) is 3.85. The molecule has 1 aromatic carbocycles. The molecule has 0 spiro atoms. The molecule has 17 heavy (non-hydrogen) atoms. The fraction of sp³-hybridized carbons (Fsp3) is 0.538. The monoisotopic (exact) mass is 257 g/mol. The van der Waals surface area contributed by atoms with Gasteiger partial charge in [-0.25, -0.2) is 0 Å². The van der Waals surface area contributed by atoms with Gasteiger partial charge in [0.1, 0.15) is 5.75 Å². The maximum Gasteiger partial charge on any atom is 0.134 e. The topological polar surface area (TPSA) is 32.7 Å². The third-order valence-corrected chi connectivity index (χ3v) is 2.92. The Labute approximate surface area is 108 Å². The minimum absolute atomic E-state index is 0.132. The van der Waals surface area contributed by atoms with Crippen LogP contribution in [-0.2, 0) is 11.3 Å². The first-order chi connectivity index (χ1) is 8.17. The summed E-state index contributed by atoms with van der Waals surface area (Å²) < 4.78 is 5.34. The molecular weight excluding hydrogens is 238 g/mol. The standard InChI is InChI=1S/C13H20ClNO2/c1-3-15(7-8-17-4-2)10-11-5-6-13(16)12(14)9-11/h5-6,9,16H,3-4,7-8,10H2,1-2H3. The van der Waals surface area contributed by atoms with Crippen LogP contribution in [0.4, 0.5) is 0 Å². The summed E-state index contributed by atoms with van der Waals surface area (Å²) in [6.07, 6.45) is 0. The van der Waals surface area contributed by atoms with Crippen molar-refractivity contribution in [3.63, 3.8) is 0 Å². The maximum atomic E-state index is 9.34. The quantitative estimate of drug-likeness (QED) is 0.763. The molecule has 1 N–H and O–H groups in total. The molecule has 0 heterocycles. The van der Waals surface area contributed by atoms with Gasteiger partial charge in [0.2, 0.25) is 0 Å². The van der Waals surface area contributed by atoms with Gasteiger partial charge in [0, 0.05) is 19.7 Å². The van der Waals surface area contributed by atoms with Crippen molar-refractivity contribution in [3.05, 3.63) is 28.8 Å². The number of nitrogens with zero attached hydrogens (tertiary/aromatic N) is 1. The predicted molar refractivity (Wildman–Crippen MR) is 70.6 cm³/mol. The number of rotatable bonds is 7. The van der Waals surface area contributed by atoms with Crippen molar-refractivity contribution >= 4 is 11.6 Å². The highest BCUT2D eigenvalue weighted by molar-refractivity contribution is 6.32. The van der Waals surface area contributed by atoms with E-state index < -0.39 is 0 Å². The molecule has 0 saturated carbocycles. The average molecular weight is 258 g/mol. The highest BCUT2D eigenvalue weighted by Crippen LogP contribution is 2.24. The molecule has 0 aromatic heterocycles. The lowest BCUT2D eigenvalue weighted by Crippen LogP contribution is -2.27. The van der Waals surface area contributed by atoms with Crippen molar-refractivity contribution < 1.29 is 9.84 Å². The summed E-state index contributed by atoms with van der Waals surface area (Å²) in [7, 11) is 0. The van der Waals surface area contributed by atoms with Crippen LogP contribution in [0.3, 0.4) is 0 Å². The highest BCUT2D eigenvalue weighted by Gasteiger charge is 2.05. The zero-order chi connectivity index (χ0) is 12.7. The number of aromatic hydroxyl groups is 1. The number of likely N-dealkylation sites (N-methyl/N-ethyl adjacent to an activating group) is 1. The van der Waals surface area contributed by atoms with E-state index in [1.807, 2.05) is 13.0 Å². The van der Waals surface area contributed by atoms with Crippen LogP contribution < -0.4 is 0 Å². The molecule has 0 bridgehead atoms. The van der Waals surface area contributed by atoms with Gasteiger partial charge < -0.3 is 9.84 Å². The molecule has 1 aromatic rings. The predicted octanol–water partition coefficient (Wildman–Crippen LogP) is 2.90.